The zero-order chi connectivity index (χ0) is 14.8. The van der Waals surface area contributed by atoms with E-state index in [-0.39, 0.29) is 18.4 Å². The van der Waals surface area contributed by atoms with Crippen LogP contribution in [0.25, 0.3) is 0 Å². The van der Waals surface area contributed by atoms with Crippen LogP contribution in [-0.4, -0.2) is 23.3 Å². The maximum atomic E-state index is 12.7. The van der Waals surface area contributed by atoms with Crippen molar-refractivity contribution in [3.05, 3.63) is 64.1 Å². The molecule has 1 heterocycles. The lowest BCUT2D eigenvalue weighted by molar-refractivity contribution is -0.116. The highest BCUT2D eigenvalue weighted by Crippen LogP contribution is 2.25. The molecule has 0 saturated heterocycles. The molecule has 5 heteroatoms. The van der Waals surface area contributed by atoms with Gasteiger partial charge in [-0.2, -0.15) is 0 Å². The third kappa shape index (κ3) is 2.97. The van der Waals surface area contributed by atoms with E-state index >= 15 is 0 Å². The first-order valence-corrected chi connectivity index (χ1v) is 7.35. The van der Waals surface area contributed by atoms with Gasteiger partial charge in [0.25, 0.3) is 5.91 Å². The molecule has 0 saturated carbocycles. The third-order valence-corrected chi connectivity index (χ3v) is 3.82. The van der Waals surface area contributed by atoms with E-state index in [9.17, 15) is 9.59 Å². The number of nitrogens with zero attached hydrogens (tertiary/aromatic N) is 1. The second-order valence-corrected chi connectivity index (χ2v) is 5.80. The molecule has 2 aromatic rings. The van der Waals surface area contributed by atoms with Gasteiger partial charge in [0.1, 0.15) is 6.54 Å². The van der Waals surface area contributed by atoms with E-state index in [4.69, 9.17) is 0 Å². The van der Waals surface area contributed by atoms with Gasteiger partial charge in [-0.3, -0.25) is 9.59 Å². The molecule has 0 bridgehead atoms. The Balaban J connectivity index is 1.95. The zero-order valence-electron chi connectivity index (χ0n) is 11.2. The van der Waals surface area contributed by atoms with Crippen LogP contribution in [0.3, 0.4) is 0 Å². The number of carbonyl (C=O) groups excluding carboxylic acids is 2. The predicted molar refractivity (Wildman–Crippen MR) is 84.0 cm³/mol. The molecule has 1 N–H and O–H groups in total. The van der Waals surface area contributed by atoms with Crippen LogP contribution in [0.4, 0.5) is 5.69 Å². The predicted octanol–water partition coefficient (Wildman–Crippen LogP) is 3.04. The molecular formula is C16H13BrN2O2. The summed E-state index contributed by atoms with van der Waals surface area (Å²) in [7, 11) is 0. The summed E-state index contributed by atoms with van der Waals surface area (Å²) in [6.07, 6.45) is 0. The van der Waals surface area contributed by atoms with Crippen molar-refractivity contribution in [1.29, 1.82) is 0 Å². The van der Waals surface area contributed by atoms with E-state index in [1.165, 1.54) is 0 Å². The van der Waals surface area contributed by atoms with Crippen molar-refractivity contribution >= 4 is 33.4 Å². The number of carbonyl (C=O) groups is 2. The van der Waals surface area contributed by atoms with Gasteiger partial charge >= 0.3 is 0 Å². The lowest BCUT2D eigenvalue weighted by Gasteiger charge is -2.19. The Morgan fingerprint density at radius 2 is 1.86 bits per heavy atom. The lowest BCUT2D eigenvalue weighted by Crippen LogP contribution is -2.34. The number of benzene rings is 2. The van der Waals surface area contributed by atoms with Gasteiger partial charge in [0.15, 0.2) is 0 Å². The SMILES string of the molecule is O=C1CN(Cc2ccccc2)C(=O)c2cc(Br)ccc2N1. The summed E-state index contributed by atoms with van der Waals surface area (Å²) in [5.41, 5.74) is 2.06. The molecule has 0 aromatic heterocycles. The average molecular weight is 345 g/mol. The number of halogens is 1. The maximum absolute atomic E-state index is 12.7. The van der Waals surface area contributed by atoms with Gasteiger partial charge in [-0.15, -0.1) is 0 Å². The number of fused-ring (bicyclic) bond motifs is 1. The van der Waals surface area contributed by atoms with Gasteiger partial charge in [-0.05, 0) is 23.8 Å². The van der Waals surface area contributed by atoms with Crippen molar-refractivity contribution in [2.75, 3.05) is 11.9 Å². The Morgan fingerprint density at radius 3 is 2.62 bits per heavy atom. The van der Waals surface area contributed by atoms with Crippen molar-refractivity contribution in [2.24, 2.45) is 0 Å². The summed E-state index contributed by atoms with van der Waals surface area (Å²) in [6, 6.07) is 14.9. The molecule has 2 amide bonds. The molecule has 0 fully saturated rings. The Kier molecular flexibility index (Phi) is 3.75. The van der Waals surface area contributed by atoms with Gasteiger partial charge < -0.3 is 10.2 Å². The van der Waals surface area contributed by atoms with Gasteiger partial charge in [-0.1, -0.05) is 46.3 Å². The highest BCUT2D eigenvalue weighted by Gasteiger charge is 2.26. The topological polar surface area (TPSA) is 49.4 Å². The van der Waals surface area contributed by atoms with Gasteiger partial charge in [-0.25, -0.2) is 0 Å². The number of rotatable bonds is 2. The van der Waals surface area contributed by atoms with Crippen molar-refractivity contribution in [3.8, 4) is 0 Å². The van der Waals surface area contributed by atoms with E-state index in [1.807, 2.05) is 30.3 Å². The van der Waals surface area contributed by atoms with Gasteiger partial charge in [0.05, 0.1) is 11.3 Å². The smallest absolute Gasteiger partial charge is 0.256 e. The van der Waals surface area contributed by atoms with Crippen LogP contribution in [0, 0.1) is 0 Å². The van der Waals surface area contributed by atoms with Crippen LogP contribution in [0.1, 0.15) is 15.9 Å². The molecule has 4 nitrogen and oxygen atoms in total. The van der Waals surface area contributed by atoms with E-state index < -0.39 is 0 Å². The van der Waals surface area contributed by atoms with Crippen LogP contribution in [0.5, 0.6) is 0 Å². The Morgan fingerprint density at radius 1 is 1.10 bits per heavy atom. The lowest BCUT2D eigenvalue weighted by atomic mass is 10.1. The summed E-state index contributed by atoms with van der Waals surface area (Å²) in [5.74, 6) is -0.325. The molecule has 1 aliphatic rings. The number of hydrogen-bond acceptors (Lipinski definition) is 2. The minimum atomic E-state index is -0.180. The fraction of sp³-hybridized carbons (Fsp3) is 0.125. The van der Waals surface area contributed by atoms with Crippen LogP contribution in [0.15, 0.2) is 53.0 Å². The highest BCUT2D eigenvalue weighted by atomic mass is 79.9. The second-order valence-electron chi connectivity index (χ2n) is 4.88. The van der Waals surface area contributed by atoms with E-state index in [1.54, 1.807) is 23.1 Å². The molecule has 0 spiro atoms. The zero-order valence-corrected chi connectivity index (χ0v) is 12.8. The number of amides is 2. The van der Waals surface area contributed by atoms with Crippen LogP contribution >= 0.6 is 15.9 Å². The molecule has 0 aliphatic carbocycles. The first kappa shape index (κ1) is 13.8. The van der Waals surface area contributed by atoms with Crippen molar-refractivity contribution < 1.29 is 9.59 Å². The first-order valence-electron chi connectivity index (χ1n) is 6.56. The molecule has 0 unspecified atom stereocenters. The monoisotopic (exact) mass is 344 g/mol. The van der Waals surface area contributed by atoms with E-state index in [2.05, 4.69) is 21.2 Å². The van der Waals surface area contributed by atoms with Crippen molar-refractivity contribution in [1.82, 2.24) is 4.90 Å². The standard InChI is InChI=1S/C16H13BrN2O2/c17-12-6-7-14-13(8-12)16(21)19(10-15(20)18-14)9-11-4-2-1-3-5-11/h1-8H,9-10H2,(H,18,20). The Bertz CT molecular complexity index is 701. The normalized spacial score (nSPS) is 14.4. The molecule has 3 rings (SSSR count). The van der Waals surface area contributed by atoms with E-state index in [0.717, 1.165) is 10.0 Å². The Hall–Kier alpha value is -2.14. The summed E-state index contributed by atoms with van der Waals surface area (Å²) in [5, 5.41) is 2.77. The molecule has 0 atom stereocenters. The number of anilines is 1. The van der Waals surface area contributed by atoms with Crippen molar-refractivity contribution in [2.45, 2.75) is 6.54 Å². The molecule has 106 valence electrons. The second kappa shape index (κ2) is 5.69. The Labute approximate surface area is 130 Å². The van der Waals surface area contributed by atoms with Gasteiger partial charge in [0.2, 0.25) is 5.91 Å². The summed E-state index contributed by atoms with van der Waals surface area (Å²) in [6.45, 7) is 0.471. The van der Waals surface area contributed by atoms with Crippen LogP contribution in [0.2, 0.25) is 0 Å². The summed E-state index contributed by atoms with van der Waals surface area (Å²) >= 11 is 3.36. The van der Waals surface area contributed by atoms with Crippen LogP contribution < -0.4 is 5.32 Å². The van der Waals surface area contributed by atoms with Gasteiger partial charge in [0, 0.05) is 11.0 Å². The molecule has 21 heavy (non-hydrogen) atoms. The summed E-state index contributed by atoms with van der Waals surface area (Å²) < 4.78 is 0.811. The average Bonchev–Trinajstić information content (AvgIpc) is 2.59. The molecular weight excluding hydrogens is 332 g/mol. The third-order valence-electron chi connectivity index (χ3n) is 3.32. The van der Waals surface area contributed by atoms with E-state index in [0.29, 0.717) is 17.8 Å². The van der Waals surface area contributed by atoms with Crippen molar-refractivity contribution in [3.63, 3.8) is 0 Å². The molecule has 0 radical (unpaired) electrons. The van der Waals surface area contributed by atoms with Crippen LogP contribution in [-0.2, 0) is 11.3 Å². The minimum Gasteiger partial charge on any atom is -0.325 e. The maximum Gasteiger partial charge on any atom is 0.256 e. The number of nitrogens with one attached hydrogen (secondary N) is 1. The fourth-order valence-corrected chi connectivity index (χ4v) is 2.70. The number of hydrogen-bond donors (Lipinski definition) is 1. The fourth-order valence-electron chi connectivity index (χ4n) is 2.34. The summed E-state index contributed by atoms with van der Waals surface area (Å²) in [4.78, 5) is 26.2. The minimum absolute atomic E-state index is 0.0556. The largest absolute Gasteiger partial charge is 0.325 e. The highest BCUT2D eigenvalue weighted by molar-refractivity contribution is 9.10. The molecule has 2 aromatic carbocycles. The molecule has 1 aliphatic heterocycles. The first-order chi connectivity index (χ1) is 10.1. The quantitative estimate of drug-likeness (QED) is 0.910.